The average Bonchev–Trinajstić information content (AvgIpc) is 2.53. The molecule has 5 heteroatoms. The van der Waals surface area contributed by atoms with Gasteiger partial charge in [-0.1, -0.05) is 12.1 Å². The van der Waals surface area contributed by atoms with E-state index in [4.69, 9.17) is 4.74 Å². The van der Waals surface area contributed by atoms with Gasteiger partial charge in [0.2, 0.25) is 0 Å². The molecule has 0 unspecified atom stereocenters. The molecule has 0 aliphatic carbocycles. The van der Waals surface area contributed by atoms with Crippen LogP contribution in [0.3, 0.4) is 0 Å². The molecular weight excluding hydrogens is 266 g/mol. The molecule has 1 fully saturated rings. The average molecular weight is 293 g/mol. The third kappa shape index (κ3) is 4.44. The quantitative estimate of drug-likeness (QED) is 0.595. The summed E-state index contributed by atoms with van der Waals surface area (Å²) >= 11 is 0. The second-order valence-corrected chi connectivity index (χ2v) is 5.90. The zero-order valence-electron chi connectivity index (χ0n) is 13.2. The van der Waals surface area contributed by atoms with Crippen molar-refractivity contribution < 1.29 is 19.3 Å². The molecule has 116 valence electrons. The number of ether oxygens (including phenoxy) is 1. The molecular formula is C16H27N3O2+2. The molecule has 1 heterocycles. The molecule has 21 heavy (non-hydrogen) atoms. The Kier molecular flexibility index (Phi) is 5.59. The van der Waals surface area contributed by atoms with Crippen molar-refractivity contribution in [2.24, 2.45) is 0 Å². The minimum absolute atomic E-state index is 0.0244. The summed E-state index contributed by atoms with van der Waals surface area (Å²) in [5, 5.41) is 3.04. The first kappa shape index (κ1) is 15.8. The molecule has 3 N–H and O–H groups in total. The van der Waals surface area contributed by atoms with Gasteiger partial charge in [-0.15, -0.1) is 0 Å². The second-order valence-electron chi connectivity index (χ2n) is 5.90. The van der Waals surface area contributed by atoms with Gasteiger partial charge in [-0.25, -0.2) is 0 Å². The van der Waals surface area contributed by atoms with Crippen LogP contribution in [0.25, 0.3) is 0 Å². The van der Waals surface area contributed by atoms with Gasteiger partial charge in [-0.3, -0.25) is 4.79 Å². The van der Waals surface area contributed by atoms with Crippen LogP contribution in [0.1, 0.15) is 12.5 Å². The highest BCUT2D eigenvalue weighted by molar-refractivity contribution is 5.79. The van der Waals surface area contributed by atoms with Crippen molar-refractivity contribution in [1.29, 1.82) is 0 Å². The molecule has 1 saturated heterocycles. The lowest BCUT2D eigenvalue weighted by Crippen LogP contribution is -3.29. The largest absolute Gasteiger partial charge is 0.497 e. The molecule has 0 saturated carbocycles. The first-order valence-electron chi connectivity index (χ1n) is 7.66. The van der Waals surface area contributed by atoms with Crippen LogP contribution in [0.5, 0.6) is 5.75 Å². The zero-order chi connectivity index (χ0) is 15.2. The van der Waals surface area contributed by atoms with Gasteiger partial charge >= 0.3 is 0 Å². The van der Waals surface area contributed by atoms with Crippen molar-refractivity contribution in [2.75, 3.05) is 40.3 Å². The molecule has 0 bridgehead atoms. The maximum Gasteiger partial charge on any atom is 0.278 e. The second kappa shape index (κ2) is 7.43. The van der Waals surface area contributed by atoms with E-state index >= 15 is 0 Å². The smallest absolute Gasteiger partial charge is 0.278 e. The summed E-state index contributed by atoms with van der Waals surface area (Å²) in [6.07, 6.45) is 0. The van der Waals surface area contributed by atoms with Crippen molar-refractivity contribution >= 4 is 5.91 Å². The van der Waals surface area contributed by atoms with Crippen LogP contribution in [-0.4, -0.2) is 52.3 Å². The molecule has 5 nitrogen and oxygen atoms in total. The predicted octanol–water partition coefficient (Wildman–Crippen LogP) is -1.89. The Balaban J connectivity index is 1.80. The molecule has 1 aromatic carbocycles. The monoisotopic (exact) mass is 293 g/mol. The maximum atomic E-state index is 12.3. The fourth-order valence-corrected chi connectivity index (χ4v) is 2.70. The number of amides is 1. The summed E-state index contributed by atoms with van der Waals surface area (Å²) < 4.78 is 5.13. The minimum Gasteiger partial charge on any atom is -0.497 e. The number of quaternary nitrogens is 2. The van der Waals surface area contributed by atoms with Crippen molar-refractivity contribution in [2.45, 2.75) is 19.5 Å². The molecule has 1 aliphatic rings. The molecule has 0 radical (unpaired) electrons. The Hall–Kier alpha value is -1.59. The topological polar surface area (TPSA) is 47.2 Å². The number of carbonyl (C=O) groups excluding carboxylic acids is 1. The lowest BCUT2D eigenvalue weighted by molar-refractivity contribution is -1.01. The number of rotatable bonds is 5. The Morgan fingerprint density at radius 3 is 2.43 bits per heavy atom. The van der Waals surface area contributed by atoms with Gasteiger partial charge in [0.05, 0.1) is 14.2 Å². The summed E-state index contributed by atoms with van der Waals surface area (Å²) in [5.74, 6) is 0.975. The van der Waals surface area contributed by atoms with Crippen LogP contribution in [-0.2, 0) is 11.3 Å². The maximum absolute atomic E-state index is 12.3. The third-order valence-corrected chi connectivity index (χ3v) is 4.38. The Morgan fingerprint density at radius 1 is 1.24 bits per heavy atom. The minimum atomic E-state index is 0.0244. The Morgan fingerprint density at radius 2 is 1.86 bits per heavy atom. The standard InChI is InChI=1S/C16H25N3O2/c1-13(19-10-8-18(2)9-11-19)16(20)17-12-14-4-6-15(21-3)7-5-14/h4-7,13H,8-12H2,1-3H3,(H,17,20)/p+2/t13-/m1/s1. The van der Waals surface area contributed by atoms with Crippen molar-refractivity contribution in [3.05, 3.63) is 29.8 Å². The van der Waals surface area contributed by atoms with E-state index in [1.54, 1.807) is 12.0 Å². The molecule has 0 spiro atoms. The van der Waals surface area contributed by atoms with Gasteiger partial charge in [0.15, 0.2) is 6.04 Å². The number of hydrogen-bond acceptors (Lipinski definition) is 2. The SMILES string of the molecule is COc1ccc(CNC(=O)[C@@H](C)[NH+]2CC[NH+](C)CC2)cc1. The predicted molar refractivity (Wildman–Crippen MR) is 81.6 cm³/mol. The van der Waals surface area contributed by atoms with E-state index in [2.05, 4.69) is 12.4 Å². The molecule has 1 amide bonds. The lowest BCUT2D eigenvalue weighted by atomic mass is 10.2. The normalized spacial score (nSPS) is 23.4. The van der Waals surface area contributed by atoms with Crippen LogP contribution < -0.4 is 19.9 Å². The zero-order valence-corrected chi connectivity index (χ0v) is 13.2. The van der Waals surface area contributed by atoms with Gasteiger partial charge in [0.25, 0.3) is 5.91 Å². The molecule has 0 aromatic heterocycles. The number of benzene rings is 1. The van der Waals surface area contributed by atoms with Gasteiger partial charge in [0, 0.05) is 6.54 Å². The van der Waals surface area contributed by atoms with Crippen molar-refractivity contribution in [3.63, 3.8) is 0 Å². The van der Waals surface area contributed by atoms with Crippen molar-refractivity contribution in [3.8, 4) is 5.75 Å². The number of likely N-dealkylation sites (N-methyl/N-ethyl adjacent to an activating group) is 1. The third-order valence-electron chi connectivity index (χ3n) is 4.38. The lowest BCUT2D eigenvalue weighted by Gasteiger charge is -2.30. The fraction of sp³-hybridized carbons (Fsp3) is 0.562. The summed E-state index contributed by atoms with van der Waals surface area (Å²) in [6, 6.07) is 7.82. The highest BCUT2D eigenvalue weighted by atomic mass is 16.5. The molecule has 2 rings (SSSR count). The van der Waals surface area contributed by atoms with E-state index < -0.39 is 0 Å². The van der Waals surface area contributed by atoms with E-state index in [1.807, 2.05) is 31.2 Å². The number of carbonyl (C=O) groups is 1. The van der Waals surface area contributed by atoms with Crippen LogP contribution >= 0.6 is 0 Å². The Bertz CT molecular complexity index is 453. The molecule has 1 aromatic rings. The highest BCUT2D eigenvalue weighted by Crippen LogP contribution is 2.10. The summed E-state index contributed by atoms with van der Waals surface area (Å²) in [5.41, 5.74) is 1.09. The number of methoxy groups -OCH3 is 1. The summed E-state index contributed by atoms with van der Waals surface area (Å²) in [4.78, 5) is 15.2. The van der Waals surface area contributed by atoms with Gasteiger partial charge in [-0.2, -0.15) is 0 Å². The van der Waals surface area contributed by atoms with Gasteiger partial charge in [0.1, 0.15) is 31.9 Å². The van der Waals surface area contributed by atoms with Crippen molar-refractivity contribution in [1.82, 2.24) is 5.32 Å². The van der Waals surface area contributed by atoms with Crippen LogP contribution in [0.15, 0.2) is 24.3 Å². The summed E-state index contributed by atoms with van der Waals surface area (Å²) in [7, 11) is 3.87. The number of piperazine rings is 1. The van der Waals surface area contributed by atoms with E-state index in [9.17, 15) is 4.79 Å². The Labute approximate surface area is 126 Å². The molecule has 1 atom stereocenters. The molecule has 1 aliphatic heterocycles. The van der Waals surface area contributed by atoms with Crippen LogP contribution in [0, 0.1) is 0 Å². The van der Waals surface area contributed by atoms with Crippen LogP contribution in [0.2, 0.25) is 0 Å². The van der Waals surface area contributed by atoms with E-state index in [-0.39, 0.29) is 11.9 Å². The number of hydrogen-bond donors (Lipinski definition) is 3. The number of nitrogens with one attached hydrogen (secondary N) is 3. The first-order chi connectivity index (χ1) is 10.1. The fourth-order valence-electron chi connectivity index (χ4n) is 2.70. The van der Waals surface area contributed by atoms with Crippen LogP contribution in [0.4, 0.5) is 0 Å². The first-order valence-corrected chi connectivity index (χ1v) is 7.66. The van der Waals surface area contributed by atoms with Gasteiger partial charge in [-0.05, 0) is 24.6 Å². The van der Waals surface area contributed by atoms with Gasteiger partial charge < -0.3 is 19.9 Å². The van der Waals surface area contributed by atoms with E-state index in [0.717, 1.165) is 37.5 Å². The van der Waals surface area contributed by atoms with E-state index in [0.29, 0.717) is 6.54 Å². The highest BCUT2D eigenvalue weighted by Gasteiger charge is 2.29. The van der Waals surface area contributed by atoms with E-state index in [1.165, 1.54) is 4.90 Å². The summed E-state index contributed by atoms with van der Waals surface area (Å²) in [6.45, 7) is 7.04.